The van der Waals surface area contributed by atoms with Gasteiger partial charge in [-0.2, -0.15) is 4.99 Å². The second-order valence-corrected chi connectivity index (χ2v) is 6.76. The third kappa shape index (κ3) is 3.47. The smallest absolute Gasteiger partial charge is 0.279 e. The van der Waals surface area contributed by atoms with Gasteiger partial charge >= 0.3 is 0 Å². The van der Waals surface area contributed by atoms with E-state index >= 15 is 0 Å². The number of carbonyl (C=O) groups excluding carboxylic acids is 2. The zero-order valence-corrected chi connectivity index (χ0v) is 13.5. The predicted octanol–water partition coefficient (Wildman–Crippen LogP) is 3.80. The summed E-state index contributed by atoms with van der Waals surface area (Å²) in [5.74, 6) is -0.669. The molecule has 110 valence electrons. The molecule has 0 aliphatic carbocycles. The summed E-state index contributed by atoms with van der Waals surface area (Å²) in [5, 5.41) is 5.36. The number of carbonyl (C=O) groups is 2. The Balaban J connectivity index is 1.77. The van der Waals surface area contributed by atoms with Crippen molar-refractivity contribution < 1.29 is 9.59 Å². The van der Waals surface area contributed by atoms with Gasteiger partial charge in [0, 0.05) is 15.5 Å². The number of hydrogen-bond acceptors (Lipinski definition) is 4. The van der Waals surface area contributed by atoms with E-state index in [4.69, 9.17) is 11.6 Å². The van der Waals surface area contributed by atoms with Crippen molar-refractivity contribution in [2.75, 3.05) is 0 Å². The highest BCUT2D eigenvalue weighted by Gasteiger charge is 2.24. The van der Waals surface area contributed by atoms with Crippen LogP contribution in [-0.4, -0.2) is 17.0 Å². The summed E-state index contributed by atoms with van der Waals surface area (Å²) in [5.41, 5.74) is 0.419. The molecule has 0 saturated carbocycles. The summed E-state index contributed by atoms with van der Waals surface area (Å²) < 4.78 is 0. The Morgan fingerprint density at radius 1 is 1.23 bits per heavy atom. The van der Waals surface area contributed by atoms with Crippen LogP contribution in [0.1, 0.15) is 15.2 Å². The van der Waals surface area contributed by atoms with E-state index in [9.17, 15) is 9.59 Å². The maximum absolute atomic E-state index is 12.0. The van der Waals surface area contributed by atoms with Crippen LogP contribution in [0.25, 0.3) is 6.08 Å². The topological polar surface area (TPSA) is 58.5 Å². The van der Waals surface area contributed by atoms with Crippen LogP contribution in [0.4, 0.5) is 0 Å². The van der Waals surface area contributed by atoms with Crippen LogP contribution in [0.2, 0.25) is 5.02 Å². The lowest BCUT2D eigenvalue weighted by Crippen LogP contribution is -2.20. The minimum absolute atomic E-state index is 0.249. The van der Waals surface area contributed by atoms with Crippen molar-refractivity contribution in [2.24, 2.45) is 4.99 Å². The minimum Gasteiger partial charge on any atom is -0.300 e. The van der Waals surface area contributed by atoms with Gasteiger partial charge in [0.1, 0.15) is 0 Å². The second kappa shape index (κ2) is 6.48. The molecule has 1 aromatic carbocycles. The average Bonchev–Trinajstić information content (AvgIpc) is 3.11. The van der Waals surface area contributed by atoms with E-state index in [1.165, 1.54) is 11.3 Å². The molecule has 1 aromatic heterocycles. The number of thioether (sulfide) groups is 1. The monoisotopic (exact) mass is 348 g/mol. The highest BCUT2D eigenvalue weighted by Crippen LogP contribution is 2.27. The van der Waals surface area contributed by atoms with Crippen molar-refractivity contribution in [3.8, 4) is 0 Å². The molecule has 4 nitrogen and oxygen atoms in total. The third-order valence-corrected chi connectivity index (χ3v) is 4.74. The van der Waals surface area contributed by atoms with E-state index in [-0.39, 0.29) is 11.1 Å². The van der Waals surface area contributed by atoms with Crippen molar-refractivity contribution in [1.29, 1.82) is 0 Å². The lowest BCUT2D eigenvalue weighted by molar-refractivity contribution is -0.115. The molecule has 3 rings (SSSR count). The van der Waals surface area contributed by atoms with Gasteiger partial charge in [0.05, 0.1) is 4.91 Å². The van der Waals surface area contributed by atoms with Gasteiger partial charge in [0.15, 0.2) is 5.17 Å². The van der Waals surface area contributed by atoms with Gasteiger partial charge < -0.3 is 5.32 Å². The number of aliphatic imine (C=N–C) groups is 1. The molecule has 1 aliphatic heterocycles. The maximum Gasteiger partial charge on any atom is 0.279 e. The van der Waals surface area contributed by atoms with Crippen molar-refractivity contribution in [2.45, 2.75) is 0 Å². The molecular weight excluding hydrogens is 340 g/mol. The van der Waals surface area contributed by atoms with Crippen LogP contribution in [0.5, 0.6) is 0 Å². The Labute approximate surface area is 139 Å². The molecule has 0 unspecified atom stereocenters. The number of amidine groups is 1. The summed E-state index contributed by atoms with van der Waals surface area (Å²) in [6.45, 7) is 0. The lowest BCUT2D eigenvalue weighted by atomic mass is 10.2. The number of hydrogen-bond donors (Lipinski definition) is 1. The largest absolute Gasteiger partial charge is 0.300 e. The Morgan fingerprint density at radius 3 is 2.68 bits per heavy atom. The van der Waals surface area contributed by atoms with E-state index in [0.29, 0.717) is 15.5 Å². The van der Waals surface area contributed by atoms with Gasteiger partial charge in [-0.25, -0.2) is 0 Å². The fourth-order valence-electron chi connectivity index (χ4n) is 1.73. The fourth-order valence-corrected chi connectivity index (χ4v) is 3.40. The number of rotatable bonds is 2. The molecule has 1 fully saturated rings. The normalized spacial score (nSPS) is 18.0. The quantitative estimate of drug-likeness (QED) is 0.840. The SMILES string of the molecule is O=C1NC(=NC(=O)c2ccc(Cl)cc2)S/C1=C\c1cccs1. The first-order chi connectivity index (χ1) is 10.6. The minimum atomic E-state index is -0.420. The Kier molecular flexibility index (Phi) is 4.42. The van der Waals surface area contributed by atoms with Crippen LogP contribution >= 0.6 is 34.7 Å². The Hall–Kier alpha value is -1.89. The highest BCUT2D eigenvalue weighted by molar-refractivity contribution is 8.18. The second-order valence-electron chi connectivity index (χ2n) is 4.31. The van der Waals surface area contributed by atoms with E-state index in [1.807, 2.05) is 17.5 Å². The summed E-state index contributed by atoms with van der Waals surface area (Å²) in [6, 6.07) is 10.3. The summed E-state index contributed by atoms with van der Waals surface area (Å²) in [7, 11) is 0. The zero-order chi connectivity index (χ0) is 15.5. The molecule has 2 heterocycles. The van der Waals surface area contributed by atoms with Crippen LogP contribution in [-0.2, 0) is 4.79 Å². The van der Waals surface area contributed by atoms with Crippen LogP contribution in [0, 0.1) is 0 Å². The molecule has 1 N–H and O–H groups in total. The van der Waals surface area contributed by atoms with Gasteiger partial charge in [-0.1, -0.05) is 17.7 Å². The molecule has 0 atom stereocenters. The predicted molar refractivity (Wildman–Crippen MR) is 91.2 cm³/mol. The van der Waals surface area contributed by atoms with Crippen molar-refractivity contribution >= 4 is 57.8 Å². The molecule has 2 amide bonds. The molecule has 0 radical (unpaired) electrons. The standard InChI is InChI=1S/C15H9ClN2O2S2/c16-10-5-3-9(4-6-10)13(19)17-15-18-14(20)12(22-15)8-11-2-1-7-21-11/h1-8H,(H,17,18,19,20)/b12-8-. The number of nitrogens with zero attached hydrogens (tertiary/aromatic N) is 1. The molecule has 0 bridgehead atoms. The zero-order valence-electron chi connectivity index (χ0n) is 11.1. The van der Waals surface area contributed by atoms with Crippen LogP contribution in [0.15, 0.2) is 51.7 Å². The summed E-state index contributed by atoms with van der Waals surface area (Å²) >= 11 is 8.47. The molecule has 7 heteroatoms. The average molecular weight is 349 g/mol. The number of amides is 2. The van der Waals surface area contributed by atoms with Crippen LogP contribution in [0.3, 0.4) is 0 Å². The van der Waals surface area contributed by atoms with E-state index < -0.39 is 5.91 Å². The highest BCUT2D eigenvalue weighted by atomic mass is 35.5. The van der Waals surface area contributed by atoms with E-state index in [1.54, 1.807) is 30.3 Å². The molecule has 1 saturated heterocycles. The molecule has 2 aromatic rings. The third-order valence-electron chi connectivity index (χ3n) is 2.76. The number of halogens is 1. The number of benzene rings is 1. The van der Waals surface area contributed by atoms with Gasteiger partial charge in [0.2, 0.25) is 0 Å². The van der Waals surface area contributed by atoms with Crippen LogP contribution < -0.4 is 5.32 Å². The Morgan fingerprint density at radius 2 is 2.00 bits per heavy atom. The van der Waals surface area contributed by atoms with Crippen molar-refractivity contribution in [1.82, 2.24) is 5.32 Å². The van der Waals surface area contributed by atoms with Gasteiger partial charge in [-0.15, -0.1) is 11.3 Å². The van der Waals surface area contributed by atoms with Crippen molar-refractivity contribution in [3.05, 3.63) is 62.1 Å². The first kappa shape index (κ1) is 15.0. The van der Waals surface area contributed by atoms with E-state index in [2.05, 4.69) is 10.3 Å². The fraction of sp³-hybridized carbons (Fsp3) is 0. The molecular formula is C15H9ClN2O2S2. The van der Waals surface area contributed by atoms with Gasteiger partial charge in [-0.3, -0.25) is 9.59 Å². The maximum atomic E-state index is 12.0. The first-order valence-corrected chi connectivity index (χ1v) is 8.32. The first-order valence-electron chi connectivity index (χ1n) is 6.25. The lowest BCUT2D eigenvalue weighted by Gasteiger charge is -1.97. The molecule has 0 spiro atoms. The number of thiophene rings is 1. The molecule has 22 heavy (non-hydrogen) atoms. The van der Waals surface area contributed by atoms with Crippen molar-refractivity contribution in [3.63, 3.8) is 0 Å². The molecule has 1 aliphatic rings. The van der Waals surface area contributed by atoms with E-state index in [0.717, 1.165) is 16.6 Å². The summed E-state index contributed by atoms with van der Waals surface area (Å²) in [6.07, 6.45) is 1.78. The summed E-state index contributed by atoms with van der Waals surface area (Å²) in [4.78, 5) is 29.3. The Bertz CT molecular complexity index is 780. The van der Waals surface area contributed by atoms with Gasteiger partial charge in [0.25, 0.3) is 11.8 Å². The number of nitrogens with one attached hydrogen (secondary N) is 1. The van der Waals surface area contributed by atoms with Gasteiger partial charge in [-0.05, 0) is 53.5 Å².